The predicted molar refractivity (Wildman–Crippen MR) is 97.0 cm³/mol. The summed E-state index contributed by atoms with van der Waals surface area (Å²) in [6, 6.07) is 14.7. The lowest BCUT2D eigenvalue weighted by molar-refractivity contribution is -0.139. The zero-order valence-corrected chi connectivity index (χ0v) is 14.7. The zero-order chi connectivity index (χ0) is 18.4. The number of aryl methyl sites for hydroxylation is 1. The van der Waals surface area contributed by atoms with Crippen molar-refractivity contribution in [2.24, 2.45) is 0 Å². The summed E-state index contributed by atoms with van der Waals surface area (Å²) in [6.45, 7) is 5.46. The lowest BCUT2D eigenvalue weighted by atomic mass is 9.83. The lowest BCUT2D eigenvalue weighted by Gasteiger charge is -2.24. The van der Waals surface area contributed by atoms with Gasteiger partial charge in [-0.3, -0.25) is 4.79 Å². The number of benzene rings is 2. The third-order valence-corrected chi connectivity index (χ3v) is 4.13. The van der Waals surface area contributed by atoms with E-state index in [0.29, 0.717) is 11.4 Å². The Morgan fingerprint density at radius 1 is 1.04 bits per heavy atom. The minimum absolute atomic E-state index is 0.115. The molecule has 2 rings (SSSR count). The molecule has 0 aliphatic rings. The van der Waals surface area contributed by atoms with Crippen molar-refractivity contribution in [3.05, 3.63) is 59.7 Å². The number of ether oxygens (including phenoxy) is 1. The molecule has 132 valence electrons. The first kappa shape index (κ1) is 18.5. The van der Waals surface area contributed by atoms with Gasteiger partial charge in [-0.15, -0.1) is 0 Å². The minimum Gasteiger partial charge on any atom is -0.482 e. The molecule has 0 saturated heterocycles. The maximum Gasteiger partial charge on any atom is 0.341 e. The quantitative estimate of drug-likeness (QED) is 0.806. The van der Waals surface area contributed by atoms with Crippen LogP contribution in [0.3, 0.4) is 0 Å². The number of nitrogens with one attached hydrogen (secondary N) is 1. The maximum atomic E-state index is 12.7. The summed E-state index contributed by atoms with van der Waals surface area (Å²) < 4.78 is 5.07. The van der Waals surface area contributed by atoms with Crippen molar-refractivity contribution in [2.45, 2.75) is 32.6 Å². The Labute approximate surface area is 147 Å². The molecule has 2 N–H and O–H groups in total. The van der Waals surface area contributed by atoms with Gasteiger partial charge >= 0.3 is 5.97 Å². The van der Waals surface area contributed by atoms with Crippen LogP contribution in [0.2, 0.25) is 0 Å². The Morgan fingerprint density at radius 2 is 1.64 bits per heavy atom. The number of anilines is 1. The number of carboxylic acid groups (broad SMARTS) is 1. The van der Waals surface area contributed by atoms with E-state index in [1.807, 2.05) is 38.1 Å². The molecular formula is C20H23NO4. The molecule has 5 nitrogen and oxygen atoms in total. The van der Waals surface area contributed by atoms with Crippen molar-refractivity contribution in [1.29, 1.82) is 0 Å². The summed E-state index contributed by atoms with van der Waals surface area (Å²) in [4.78, 5) is 23.2. The molecule has 0 unspecified atom stereocenters. The SMILES string of the molecule is CCc1ccc(C(C)(C)C(=O)Nc2ccc(OCC(=O)O)cc2)cc1. The van der Waals surface area contributed by atoms with Gasteiger partial charge in [-0.2, -0.15) is 0 Å². The Balaban J connectivity index is 2.05. The predicted octanol–water partition coefficient (Wildman–Crippen LogP) is 3.63. The second kappa shape index (κ2) is 7.83. The average molecular weight is 341 g/mol. The van der Waals surface area contributed by atoms with E-state index >= 15 is 0 Å². The van der Waals surface area contributed by atoms with E-state index in [2.05, 4.69) is 12.2 Å². The number of hydrogen-bond acceptors (Lipinski definition) is 3. The summed E-state index contributed by atoms with van der Waals surface area (Å²) in [5.41, 5.74) is 2.14. The Morgan fingerprint density at radius 3 is 2.16 bits per heavy atom. The van der Waals surface area contributed by atoms with Crippen LogP contribution in [0.25, 0.3) is 0 Å². The second-order valence-electron chi connectivity index (χ2n) is 6.34. The largest absolute Gasteiger partial charge is 0.482 e. The summed E-state index contributed by atoms with van der Waals surface area (Å²) in [6.07, 6.45) is 0.962. The van der Waals surface area contributed by atoms with Gasteiger partial charge in [-0.1, -0.05) is 31.2 Å². The van der Waals surface area contributed by atoms with Crippen molar-refractivity contribution in [3.8, 4) is 5.75 Å². The van der Waals surface area contributed by atoms with Crippen LogP contribution in [-0.2, 0) is 21.4 Å². The van der Waals surface area contributed by atoms with Crippen LogP contribution < -0.4 is 10.1 Å². The highest BCUT2D eigenvalue weighted by atomic mass is 16.5. The van der Waals surface area contributed by atoms with Crippen molar-refractivity contribution in [1.82, 2.24) is 0 Å². The third-order valence-electron chi connectivity index (χ3n) is 4.13. The van der Waals surface area contributed by atoms with Crippen LogP contribution in [0.15, 0.2) is 48.5 Å². The van der Waals surface area contributed by atoms with Crippen LogP contribution >= 0.6 is 0 Å². The Kier molecular flexibility index (Phi) is 5.80. The molecule has 0 atom stereocenters. The molecule has 0 aromatic heterocycles. The standard InChI is InChI=1S/C20H23NO4/c1-4-14-5-7-15(8-6-14)20(2,3)19(24)21-16-9-11-17(12-10-16)25-13-18(22)23/h5-12H,4,13H2,1-3H3,(H,21,24)(H,22,23). The number of rotatable bonds is 7. The summed E-state index contributed by atoms with van der Waals surface area (Å²) >= 11 is 0. The van der Waals surface area contributed by atoms with Crippen LogP contribution in [0.1, 0.15) is 31.9 Å². The topological polar surface area (TPSA) is 75.6 Å². The van der Waals surface area contributed by atoms with Gasteiger partial charge < -0.3 is 15.2 Å². The fourth-order valence-electron chi connectivity index (χ4n) is 2.36. The van der Waals surface area contributed by atoms with Crippen LogP contribution in [-0.4, -0.2) is 23.6 Å². The number of carbonyl (C=O) groups is 2. The van der Waals surface area contributed by atoms with Gasteiger partial charge in [0.25, 0.3) is 0 Å². The van der Waals surface area contributed by atoms with Crippen molar-refractivity contribution in [2.75, 3.05) is 11.9 Å². The highest BCUT2D eigenvalue weighted by Crippen LogP contribution is 2.26. The fourth-order valence-corrected chi connectivity index (χ4v) is 2.36. The van der Waals surface area contributed by atoms with E-state index in [4.69, 9.17) is 9.84 Å². The molecular weight excluding hydrogens is 318 g/mol. The van der Waals surface area contributed by atoms with E-state index in [-0.39, 0.29) is 5.91 Å². The van der Waals surface area contributed by atoms with Crippen molar-refractivity contribution in [3.63, 3.8) is 0 Å². The first-order valence-corrected chi connectivity index (χ1v) is 8.18. The second-order valence-corrected chi connectivity index (χ2v) is 6.34. The van der Waals surface area contributed by atoms with Crippen molar-refractivity contribution >= 4 is 17.6 Å². The monoisotopic (exact) mass is 341 g/mol. The zero-order valence-electron chi connectivity index (χ0n) is 14.7. The van der Waals surface area contributed by atoms with Crippen LogP contribution in [0.4, 0.5) is 5.69 Å². The highest BCUT2D eigenvalue weighted by molar-refractivity contribution is 5.98. The summed E-state index contributed by atoms with van der Waals surface area (Å²) in [7, 11) is 0. The van der Waals surface area contributed by atoms with E-state index in [0.717, 1.165) is 12.0 Å². The lowest BCUT2D eigenvalue weighted by Crippen LogP contribution is -2.34. The number of aliphatic carboxylic acids is 1. The molecule has 0 saturated carbocycles. The highest BCUT2D eigenvalue weighted by Gasteiger charge is 2.29. The molecule has 0 aliphatic heterocycles. The molecule has 0 bridgehead atoms. The molecule has 0 aliphatic carbocycles. The first-order valence-electron chi connectivity index (χ1n) is 8.18. The number of amides is 1. The maximum absolute atomic E-state index is 12.7. The van der Waals surface area contributed by atoms with E-state index in [1.165, 1.54) is 5.56 Å². The molecule has 2 aromatic rings. The van der Waals surface area contributed by atoms with Gasteiger partial charge in [-0.05, 0) is 55.7 Å². The Bertz CT molecular complexity index is 733. The molecule has 5 heteroatoms. The van der Waals surface area contributed by atoms with Crippen molar-refractivity contribution < 1.29 is 19.4 Å². The molecule has 0 fully saturated rings. The molecule has 0 radical (unpaired) electrons. The van der Waals surface area contributed by atoms with Gasteiger partial charge in [0, 0.05) is 5.69 Å². The minimum atomic E-state index is -1.03. The van der Waals surface area contributed by atoms with E-state index in [9.17, 15) is 9.59 Å². The van der Waals surface area contributed by atoms with E-state index < -0.39 is 18.0 Å². The number of carboxylic acids is 1. The normalized spacial score (nSPS) is 11.0. The molecule has 25 heavy (non-hydrogen) atoms. The van der Waals surface area contributed by atoms with Crippen LogP contribution in [0.5, 0.6) is 5.75 Å². The molecule has 1 amide bonds. The number of carbonyl (C=O) groups excluding carboxylic acids is 1. The van der Waals surface area contributed by atoms with Gasteiger partial charge in [0.1, 0.15) is 5.75 Å². The van der Waals surface area contributed by atoms with Gasteiger partial charge in [0.2, 0.25) is 5.91 Å². The molecule has 0 spiro atoms. The fraction of sp³-hybridized carbons (Fsp3) is 0.300. The summed E-state index contributed by atoms with van der Waals surface area (Å²) in [5, 5.41) is 11.5. The molecule has 2 aromatic carbocycles. The van der Waals surface area contributed by atoms with Crippen LogP contribution in [0, 0.1) is 0 Å². The van der Waals surface area contributed by atoms with E-state index in [1.54, 1.807) is 24.3 Å². The summed E-state index contributed by atoms with van der Waals surface area (Å²) in [5.74, 6) is -0.709. The Hall–Kier alpha value is -2.82. The van der Waals surface area contributed by atoms with Gasteiger partial charge in [0.05, 0.1) is 5.41 Å². The van der Waals surface area contributed by atoms with Gasteiger partial charge in [-0.25, -0.2) is 4.79 Å². The van der Waals surface area contributed by atoms with Gasteiger partial charge in [0.15, 0.2) is 6.61 Å². The average Bonchev–Trinajstić information content (AvgIpc) is 2.61. The molecule has 0 heterocycles. The number of hydrogen-bond donors (Lipinski definition) is 2. The first-order chi connectivity index (χ1) is 11.8. The smallest absolute Gasteiger partial charge is 0.341 e. The third kappa shape index (κ3) is 4.83.